The van der Waals surface area contributed by atoms with E-state index < -0.39 is 0 Å². The van der Waals surface area contributed by atoms with Gasteiger partial charge < -0.3 is 10.6 Å². The van der Waals surface area contributed by atoms with E-state index in [1.54, 1.807) is 18.2 Å². The number of nitrogens with two attached hydrogens (primary N) is 1. The van der Waals surface area contributed by atoms with Crippen molar-refractivity contribution in [3.05, 3.63) is 58.4 Å². The molecule has 0 saturated carbocycles. The van der Waals surface area contributed by atoms with Crippen LogP contribution in [-0.4, -0.2) is 6.54 Å². The van der Waals surface area contributed by atoms with E-state index in [0.717, 1.165) is 24.3 Å². The first kappa shape index (κ1) is 12.3. The molecule has 4 heteroatoms. The second-order valence-electron chi connectivity index (χ2n) is 4.74. The summed E-state index contributed by atoms with van der Waals surface area (Å²) in [4.78, 5) is 2.11. The third-order valence-electron chi connectivity index (χ3n) is 3.51. The zero-order chi connectivity index (χ0) is 13.4. The highest BCUT2D eigenvalue weighted by Crippen LogP contribution is 2.35. The Balaban J connectivity index is 1.93. The molecule has 0 fully saturated rings. The predicted molar refractivity (Wildman–Crippen MR) is 77.0 cm³/mol. The molecule has 2 aromatic rings. The average Bonchev–Trinajstić information content (AvgIpc) is 2.80. The summed E-state index contributed by atoms with van der Waals surface area (Å²) in [5.41, 5.74) is 9.62. The highest BCUT2D eigenvalue weighted by Gasteiger charge is 2.22. The van der Waals surface area contributed by atoms with Gasteiger partial charge in [-0.3, -0.25) is 0 Å². The Morgan fingerprint density at radius 3 is 2.84 bits per heavy atom. The standard InChI is InChI=1S/C15H14ClFN2/c16-12-5-1-4-11(14(12)17)9-19-8-7-10-3-2-6-13(18)15(10)19/h1-6H,7-9,18H2. The summed E-state index contributed by atoms with van der Waals surface area (Å²) >= 11 is 5.81. The van der Waals surface area contributed by atoms with Crippen molar-refractivity contribution in [1.82, 2.24) is 0 Å². The molecule has 98 valence electrons. The van der Waals surface area contributed by atoms with Crippen LogP contribution in [0.5, 0.6) is 0 Å². The number of hydrogen-bond acceptors (Lipinski definition) is 2. The molecule has 0 atom stereocenters. The van der Waals surface area contributed by atoms with Crippen LogP contribution < -0.4 is 10.6 Å². The lowest BCUT2D eigenvalue weighted by Gasteiger charge is -2.21. The molecule has 0 aromatic heterocycles. The zero-order valence-corrected chi connectivity index (χ0v) is 11.1. The highest BCUT2D eigenvalue weighted by molar-refractivity contribution is 6.30. The van der Waals surface area contributed by atoms with E-state index in [2.05, 4.69) is 11.0 Å². The van der Waals surface area contributed by atoms with Crippen molar-refractivity contribution in [2.45, 2.75) is 13.0 Å². The lowest BCUT2D eigenvalue weighted by Crippen LogP contribution is -2.21. The number of fused-ring (bicyclic) bond motifs is 1. The minimum Gasteiger partial charge on any atom is -0.397 e. The van der Waals surface area contributed by atoms with Gasteiger partial charge in [0, 0.05) is 18.7 Å². The number of halogens is 2. The van der Waals surface area contributed by atoms with Crippen LogP contribution in [0.3, 0.4) is 0 Å². The maximum absolute atomic E-state index is 13.9. The number of anilines is 2. The average molecular weight is 277 g/mol. The van der Waals surface area contributed by atoms with E-state index in [9.17, 15) is 4.39 Å². The summed E-state index contributed by atoms with van der Waals surface area (Å²) in [6.45, 7) is 1.35. The van der Waals surface area contributed by atoms with E-state index in [4.69, 9.17) is 17.3 Å². The Morgan fingerprint density at radius 2 is 2.00 bits per heavy atom. The monoisotopic (exact) mass is 276 g/mol. The fraction of sp³-hybridized carbons (Fsp3) is 0.200. The number of para-hydroxylation sites is 1. The third-order valence-corrected chi connectivity index (χ3v) is 3.80. The molecule has 0 amide bonds. The quantitative estimate of drug-likeness (QED) is 0.849. The first-order valence-corrected chi connectivity index (χ1v) is 6.60. The first-order chi connectivity index (χ1) is 9.16. The van der Waals surface area contributed by atoms with Crippen molar-refractivity contribution in [3.8, 4) is 0 Å². The number of hydrogen-bond donors (Lipinski definition) is 1. The summed E-state index contributed by atoms with van der Waals surface area (Å²) in [7, 11) is 0. The number of rotatable bonds is 2. The van der Waals surface area contributed by atoms with Crippen LogP contribution in [-0.2, 0) is 13.0 Å². The number of nitrogen functional groups attached to an aromatic ring is 1. The van der Waals surface area contributed by atoms with Crippen molar-refractivity contribution in [2.24, 2.45) is 0 Å². The summed E-state index contributed by atoms with van der Waals surface area (Å²) in [5.74, 6) is -0.341. The Kier molecular flexibility index (Phi) is 3.07. The van der Waals surface area contributed by atoms with Gasteiger partial charge in [-0.05, 0) is 24.1 Å². The van der Waals surface area contributed by atoms with Gasteiger partial charge >= 0.3 is 0 Å². The summed E-state index contributed by atoms with van der Waals surface area (Å²) in [6, 6.07) is 11.0. The van der Waals surface area contributed by atoms with Crippen molar-refractivity contribution in [3.63, 3.8) is 0 Å². The van der Waals surface area contributed by atoms with Gasteiger partial charge in [-0.25, -0.2) is 4.39 Å². The van der Waals surface area contributed by atoms with Gasteiger partial charge in [-0.15, -0.1) is 0 Å². The van der Waals surface area contributed by atoms with Crippen molar-refractivity contribution in [1.29, 1.82) is 0 Å². The van der Waals surface area contributed by atoms with Crippen molar-refractivity contribution in [2.75, 3.05) is 17.2 Å². The van der Waals surface area contributed by atoms with Crippen molar-refractivity contribution >= 4 is 23.0 Å². The molecular weight excluding hydrogens is 263 g/mol. The van der Waals surface area contributed by atoms with E-state index in [1.807, 2.05) is 12.1 Å². The van der Waals surface area contributed by atoms with E-state index in [-0.39, 0.29) is 10.8 Å². The Hall–Kier alpha value is -1.74. The van der Waals surface area contributed by atoms with E-state index in [1.165, 1.54) is 5.56 Å². The zero-order valence-electron chi connectivity index (χ0n) is 10.4. The van der Waals surface area contributed by atoms with Gasteiger partial charge in [0.25, 0.3) is 0 Å². The molecule has 2 nitrogen and oxygen atoms in total. The Bertz CT molecular complexity index is 628. The Labute approximate surface area is 116 Å². The van der Waals surface area contributed by atoms with Gasteiger partial charge in [0.15, 0.2) is 0 Å². The topological polar surface area (TPSA) is 29.3 Å². The molecule has 1 heterocycles. The molecule has 1 aliphatic heterocycles. The SMILES string of the molecule is Nc1cccc2c1N(Cc1cccc(Cl)c1F)CC2. The third kappa shape index (κ3) is 2.15. The van der Waals surface area contributed by atoms with Gasteiger partial charge in [0.1, 0.15) is 5.82 Å². The van der Waals surface area contributed by atoms with Crippen LogP contribution in [0.4, 0.5) is 15.8 Å². The molecular formula is C15H14ClFN2. The first-order valence-electron chi connectivity index (χ1n) is 6.22. The number of benzene rings is 2. The molecule has 1 aliphatic rings. The van der Waals surface area contributed by atoms with Crippen LogP contribution >= 0.6 is 11.6 Å². The molecule has 2 aromatic carbocycles. The minimum atomic E-state index is -0.341. The molecule has 0 aliphatic carbocycles. The predicted octanol–water partition coefficient (Wildman–Crippen LogP) is 3.62. The van der Waals surface area contributed by atoms with Crippen LogP contribution in [0, 0.1) is 5.82 Å². The summed E-state index contributed by atoms with van der Waals surface area (Å²) < 4.78 is 13.9. The molecule has 2 N–H and O–H groups in total. The maximum Gasteiger partial charge on any atom is 0.146 e. The fourth-order valence-electron chi connectivity index (χ4n) is 2.60. The molecule has 0 unspecified atom stereocenters. The molecule has 0 saturated heterocycles. The van der Waals surface area contributed by atoms with Crippen molar-refractivity contribution < 1.29 is 4.39 Å². The van der Waals surface area contributed by atoms with Crippen LogP contribution in [0.15, 0.2) is 36.4 Å². The molecule has 0 radical (unpaired) electrons. The van der Waals surface area contributed by atoms with Crippen LogP contribution in [0.1, 0.15) is 11.1 Å². The van der Waals surface area contributed by atoms with E-state index in [0.29, 0.717) is 12.1 Å². The largest absolute Gasteiger partial charge is 0.397 e. The molecule has 0 bridgehead atoms. The van der Waals surface area contributed by atoms with Crippen LogP contribution in [0.25, 0.3) is 0 Å². The van der Waals surface area contributed by atoms with Gasteiger partial charge in [-0.2, -0.15) is 0 Å². The second kappa shape index (κ2) is 4.74. The second-order valence-corrected chi connectivity index (χ2v) is 5.15. The summed E-state index contributed by atoms with van der Waals surface area (Å²) in [6.07, 6.45) is 0.947. The lowest BCUT2D eigenvalue weighted by atomic mass is 10.1. The van der Waals surface area contributed by atoms with Gasteiger partial charge in [0.05, 0.1) is 16.4 Å². The number of nitrogens with zero attached hydrogens (tertiary/aromatic N) is 1. The minimum absolute atomic E-state index is 0.165. The highest BCUT2D eigenvalue weighted by atomic mass is 35.5. The van der Waals surface area contributed by atoms with E-state index >= 15 is 0 Å². The summed E-state index contributed by atoms with van der Waals surface area (Å²) in [5, 5.41) is 0.165. The molecule has 0 spiro atoms. The van der Waals surface area contributed by atoms with Gasteiger partial charge in [0.2, 0.25) is 0 Å². The lowest BCUT2D eigenvalue weighted by molar-refractivity contribution is 0.606. The smallest absolute Gasteiger partial charge is 0.146 e. The molecule has 19 heavy (non-hydrogen) atoms. The Morgan fingerprint density at radius 1 is 1.21 bits per heavy atom. The molecule has 3 rings (SSSR count). The fourth-order valence-corrected chi connectivity index (χ4v) is 2.79. The van der Waals surface area contributed by atoms with Gasteiger partial charge in [-0.1, -0.05) is 35.9 Å². The normalized spacial score (nSPS) is 13.7. The van der Waals surface area contributed by atoms with Crippen LogP contribution in [0.2, 0.25) is 5.02 Å². The maximum atomic E-state index is 13.9.